The topological polar surface area (TPSA) is 69.6 Å². The molecule has 3 N–H and O–H groups in total. The molecule has 4 heteroatoms. The van der Waals surface area contributed by atoms with Crippen molar-refractivity contribution in [2.24, 2.45) is 5.92 Å². The van der Waals surface area contributed by atoms with E-state index in [2.05, 4.69) is 18.5 Å². The Morgan fingerprint density at radius 3 is 2.38 bits per heavy atom. The van der Waals surface area contributed by atoms with Crippen molar-refractivity contribution < 1.29 is 15.0 Å². The Labute approximate surface area is 96.7 Å². The molecule has 3 unspecified atom stereocenters. The van der Waals surface area contributed by atoms with E-state index in [0.717, 1.165) is 0 Å². The first kappa shape index (κ1) is 14.9. The molecule has 0 saturated carbocycles. The molecule has 0 radical (unpaired) electrons. The number of aliphatic hydroxyl groups is 2. The zero-order valence-electron chi connectivity index (χ0n) is 9.89. The van der Waals surface area contributed by atoms with Crippen LogP contribution in [0, 0.1) is 5.92 Å². The van der Waals surface area contributed by atoms with E-state index in [1.807, 2.05) is 13.8 Å². The highest BCUT2D eigenvalue weighted by molar-refractivity contribution is 5.47. The molecule has 1 amide bonds. The lowest BCUT2D eigenvalue weighted by Crippen LogP contribution is -2.44. The molecule has 0 spiro atoms. The fourth-order valence-electron chi connectivity index (χ4n) is 1.45. The van der Waals surface area contributed by atoms with Gasteiger partial charge in [0.25, 0.3) is 0 Å². The molecule has 0 aliphatic heterocycles. The fourth-order valence-corrected chi connectivity index (χ4v) is 1.45. The highest BCUT2D eigenvalue weighted by Crippen LogP contribution is 2.16. The average molecular weight is 227 g/mol. The summed E-state index contributed by atoms with van der Waals surface area (Å²) in [5.74, 6) is 0.0813. The molecule has 0 aliphatic rings. The monoisotopic (exact) mass is 227 g/mol. The van der Waals surface area contributed by atoms with Gasteiger partial charge in [-0.15, -0.1) is 6.58 Å². The molecular formula is C12H21NO3. The first-order chi connectivity index (χ1) is 7.43. The number of carbonyl (C=O) groups is 1. The minimum atomic E-state index is -0.861. The largest absolute Gasteiger partial charge is 0.389 e. The number of rotatable bonds is 8. The highest BCUT2D eigenvalue weighted by atomic mass is 16.3. The Morgan fingerprint density at radius 2 is 2.00 bits per heavy atom. The summed E-state index contributed by atoms with van der Waals surface area (Å²) in [5.41, 5.74) is 0.487. The zero-order chi connectivity index (χ0) is 12.7. The maximum absolute atomic E-state index is 10.4. The van der Waals surface area contributed by atoms with Gasteiger partial charge >= 0.3 is 0 Å². The maximum atomic E-state index is 10.4. The lowest BCUT2D eigenvalue weighted by molar-refractivity contribution is -0.111. The molecule has 16 heavy (non-hydrogen) atoms. The van der Waals surface area contributed by atoms with Crippen molar-refractivity contribution >= 4 is 6.41 Å². The second-order valence-corrected chi connectivity index (χ2v) is 4.16. The van der Waals surface area contributed by atoms with Gasteiger partial charge in [-0.25, -0.2) is 0 Å². The van der Waals surface area contributed by atoms with Crippen LogP contribution in [-0.4, -0.2) is 34.9 Å². The molecule has 0 aromatic rings. The van der Waals surface area contributed by atoms with E-state index in [1.165, 1.54) is 6.08 Å². The summed E-state index contributed by atoms with van der Waals surface area (Å²) in [5, 5.41) is 21.9. The third kappa shape index (κ3) is 4.59. The predicted molar refractivity (Wildman–Crippen MR) is 63.8 cm³/mol. The molecular weight excluding hydrogens is 206 g/mol. The van der Waals surface area contributed by atoms with Crippen LogP contribution in [0.25, 0.3) is 0 Å². The van der Waals surface area contributed by atoms with Crippen LogP contribution in [0.15, 0.2) is 24.8 Å². The van der Waals surface area contributed by atoms with Crippen LogP contribution in [0.5, 0.6) is 0 Å². The van der Waals surface area contributed by atoms with Crippen LogP contribution < -0.4 is 5.32 Å². The number of hydrogen-bond acceptors (Lipinski definition) is 3. The van der Waals surface area contributed by atoms with Crippen molar-refractivity contribution in [3.8, 4) is 0 Å². The van der Waals surface area contributed by atoms with E-state index >= 15 is 0 Å². The number of aliphatic hydroxyl groups excluding tert-OH is 2. The predicted octanol–water partition coefficient (Wildman–Crippen LogP) is 0.611. The molecule has 92 valence electrons. The number of hydrogen-bond donors (Lipinski definition) is 3. The number of nitrogens with one attached hydrogen (secondary N) is 1. The molecule has 0 rings (SSSR count). The summed E-state index contributed by atoms with van der Waals surface area (Å²) in [6.45, 7) is 10.9. The van der Waals surface area contributed by atoms with Gasteiger partial charge < -0.3 is 15.5 Å². The van der Waals surface area contributed by atoms with E-state index in [0.29, 0.717) is 12.0 Å². The Morgan fingerprint density at radius 1 is 1.44 bits per heavy atom. The third-order valence-corrected chi connectivity index (χ3v) is 2.48. The number of amides is 1. The van der Waals surface area contributed by atoms with Crippen molar-refractivity contribution in [2.75, 3.05) is 0 Å². The van der Waals surface area contributed by atoms with Gasteiger partial charge in [0.1, 0.15) is 0 Å². The first-order valence-electron chi connectivity index (χ1n) is 5.30. The molecule has 0 saturated heterocycles. The normalized spacial score (nSPS) is 16.3. The van der Waals surface area contributed by atoms with Crippen molar-refractivity contribution in [2.45, 2.75) is 38.5 Å². The molecule has 0 aliphatic carbocycles. The molecule has 0 heterocycles. The average Bonchev–Trinajstić information content (AvgIpc) is 2.24. The van der Waals surface area contributed by atoms with Crippen LogP contribution in [-0.2, 0) is 4.79 Å². The molecule has 0 bridgehead atoms. The first-order valence-corrected chi connectivity index (χ1v) is 5.30. The van der Waals surface area contributed by atoms with Crippen LogP contribution in [0.3, 0.4) is 0 Å². The van der Waals surface area contributed by atoms with E-state index in [-0.39, 0.29) is 18.4 Å². The molecule has 4 nitrogen and oxygen atoms in total. The van der Waals surface area contributed by atoms with Gasteiger partial charge in [0.2, 0.25) is 6.41 Å². The van der Waals surface area contributed by atoms with Gasteiger partial charge in [-0.1, -0.05) is 26.5 Å². The minimum absolute atomic E-state index is 0.0813. The van der Waals surface area contributed by atoms with Gasteiger partial charge in [-0.2, -0.15) is 0 Å². The summed E-state index contributed by atoms with van der Waals surface area (Å²) in [6.07, 6.45) is 0.612. The number of carbonyl (C=O) groups excluding carboxylic acids is 1. The molecule has 0 aromatic heterocycles. The van der Waals surface area contributed by atoms with E-state index in [9.17, 15) is 15.0 Å². The summed E-state index contributed by atoms with van der Waals surface area (Å²) in [4.78, 5) is 10.4. The Kier molecular flexibility index (Phi) is 6.69. The highest BCUT2D eigenvalue weighted by Gasteiger charge is 2.24. The third-order valence-electron chi connectivity index (χ3n) is 2.48. The standard InChI is InChI=1S/C12H21NO3/c1-5-10(15)6-9(4)12(16)11(8(2)3)13-7-14/h5,7-8,10-12,15-16H,1,4,6H2,2-3H3,(H,13,14). The Bertz CT molecular complexity index is 251. The van der Waals surface area contributed by atoms with Gasteiger partial charge in [0.15, 0.2) is 0 Å². The summed E-state index contributed by atoms with van der Waals surface area (Å²) >= 11 is 0. The van der Waals surface area contributed by atoms with Crippen LogP contribution in [0.1, 0.15) is 20.3 Å². The van der Waals surface area contributed by atoms with Crippen LogP contribution in [0.4, 0.5) is 0 Å². The van der Waals surface area contributed by atoms with Crippen LogP contribution in [0.2, 0.25) is 0 Å². The van der Waals surface area contributed by atoms with Crippen molar-refractivity contribution in [3.63, 3.8) is 0 Å². The maximum Gasteiger partial charge on any atom is 0.207 e. The molecule has 0 aromatic carbocycles. The van der Waals surface area contributed by atoms with Crippen LogP contribution >= 0.6 is 0 Å². The molecule has 0 fully saturated rings. The van der Waals surface area contributed by atoms with Gasteiger partial charge in [0.05, 0.1) is 18.2 Å². The van der Waals surface area contributed by atoms with Crippen molar-refractivity contribution in [3.05, 3.63) is 24.8 Å². The summed E-state index contributed by atoms with van der Waals surface area (Å²) in [6, 6.07) is -0.387. The Balaban J connectivity index is 4.47. The van der Waals surface area contributed by atoms with Gasteiger partial charge in [-0.3, -0.25) is 4.79 Å². The molecule has 3 atom stereocenters. The Hall–Kier alpha value is -1.13. The minimum Gasteiger partial charge on any atom is -0.389 e. The van der Waals surface area contributed by atoms with Gasteiger partial charge in [0, 0.05) is 6.42 Å². The SMILES string of the molecule is C=CC(O)CC(=C)C(O)C(NC=O)C(C)C. The second kappa shape index (κ2) is 7.19. The van der Waals surface area contributed by atoms with E-state index in [1.54, 1.807) is 0 Å². The summed E-state index contributed by atoms with van der Waals surface area (Å²) < 4.78 is 0. The van der Waals surface area contributed by atoms with E-state index in [4.69, 9.17) is 0 Å². The fraction of sp³-hybridized carbons (Fsp3) is 0.583. The van der Waals surface area contributed by atoms with Crippen molar-refractivity contribution in [1.29, 1.82) is 0 Å². The van der Waals surface area contributed by atoms with Crippen molar-refractivity contribution in [1.82, 2.24) is 5.32 Å². The smallest absolute Gasteiger partial charge is 0.207 e. The quantitative estimate of drug-likeness (QED) is 0.420. The van der Waals surface area contributed by atoms with Gasteiger partial charge in [-0.05, 0) is 11.5 Å². The zero-order valence-corrected chi connectivity index (χ0v) is 9.89. The lowest BCUT2D eigenvalue weighted by atomic mass is 9.91. The van der Waals surface area contributed by atoms with E-state index < -0.39 is 12.2 Å². The lowest BCUT2D eigenvalue weighted by Gasteiger charge is -2.27. The second-order valence-electron chi connectivity index (χ2n) is 4.16. The summed E-state index contributed by atoms with van der Waals surface area (Å²) in [7, 11) is 0.